The average Bonchev–Trinajstić information content (AvgIpc) is 4.02. The van der Waals surface area contributed by atoms with Gasteiger partial charge >= 0.3 is 12.3 Å². The van der Waals surface area contributed by atoms with Gasteiger partial charge in [0.2, 0.25) is 33.3 Å². The van der Waals surface area contributed by atoms with Crippen molar-refractivity contribution in [3.05, 3.63) is 41.6 Å². The monoisotopic (exact) mass is 869 g/mol. The van der Waals surface area contributed by atoms with Gasteiger partial charge in [-0.25, -0.2) is 18.2 Å². The minimum atomic E-state index is -4.92. The highest BCUT2D eigenvalue weighted by Gasteiger charge is 2.63. The average molecular weight is 870 g/mol. The molecule has 4 aliphatic rings. The van der Waals surface area contributed by atoms with E-state index in [0.717, 1.165) is 0 Å². The van der Waals surface area contributed by atoms with Crippen molar-refractivity contribution in [1.29, 1.82) is 0 Å². The molecule has 7 atom stereocenters. The highest BCUT2D eigenvalue weighted by Crippen LogP contribution is 2.48. The minimum Gasteiger partial charge on any atom is -0.492 e. The smallest absolute Gasteiger partial charge is 0.427 e. The van der Waals surface area contributed by atoms with Crippen LogP contribution >= 0.6 is 11.6 Å². The van der Waals surface area contributed by atoms with Crippen LogP contribution in [0.3, 0.4) is 0 Å². The summed E-state index contributed by atoms with van der Waals surface area (Å²) in [5, 5.41) is 6.65. The summed E-state index contributed by atoms with van der Waals surface area (Å²) in [4.78, 5) is 62.0. The molecule has 2 aliphatic carbocycles. The van der Waals surface area contributed by atoms with Crippen molar-refractivity contribution < 1.29 is 55.0 Å². The lowest BCUT2D eigenvalue weighted by Crippen LogP contribution is -2.59. The Bertz CT molecular complexity index is 2130. The van der Waals surface area contributed by atoms with Crippen molar-refractivity contribution in [2.45, 2.75) is 127 Å². The normalized spacial score (nSPS) is 29.2. The summed E-state index contributed by atoms with van der Waals surface area (Å²) in [6.45, 7) is 8.44. The van der Waals surface area contributed by atoms with E-state index < -0.39 is 85.9 Å². The molecule has 6 rings (SSSR count). The Labute approximate surface area is 346 Å². The number of rotatable bonds is 9. The van der Waals surface area contributed by atoms with E-state index in [9.17, 15) is 40.8 Å². The number of pyridine rings is 1. The van der Waals surface area contributed by atoms with Gasteiger partial charge in [0.1, 0.15) is 29.5 Å². The van der Waals surface area contributed by atoms with Crippen molar-refractivity contribution in [2.24, 2.45) is 17.8 Å². The fourth-order valence-electron chi connectivity index (χ4n) is 7.73. The van der Waals surface area contributed by atoms with E-state index in [1.807, 2.05) is 19.9 Å². The number of allylic oxidation sites excluding steroid dienone is 1. The molecule has 2 aliphatic heterocycles. The Balaban J connectivity index is 1.37. The fourth-order valence-corrected chi connectivity index (χ4v) is 9.21. The number of hydrogen-bond acceptors (Lipinski definition) is 10. The zero-order valence-electron chi connectivity index (χ0n) is 33.8. The van der Waals surface area contributed by atoms with E-state index in [4.69, 9.17) is 25.8 Å². The molecule has 0 radical (unpaired) electrons. The van der Waals surface area contributed by atoms with Crippen molar-refractivity contribution in [1.82, 2.24) is 25.2 Å². The maximum absolute atomic E-state index is 14.8. The quantitative estimate of drug-likeness (QED) is 0.255. The summed E-state index contributed by atoms with van der Waals surface area (Å²) in [5.41, 5.74) is -4.55. The lowest BCUT2D eigenvalue weighted by Gasteiger charge is -2.34. The molecule has 0 unspecified atom stereocenters. The standard InChI is InChI=1S/C40H51ClF3N5O9S/c1-7-56-30-20-45-33(28-17-25(41)12-13-27(28)30)57-26-18-29-32(50)47-39(35(52)48-59(54,55)38(6)14-15-38)19-24(39)11-9-8-10-22(2)16-23(3)31(34(51)49(29)21-26)46-36(53)58-37(4,5)40(42,43)44/h9,11-13,17,20,22-24,26,29,31H,7-8,10,14-16,18-19,21H2,1-6H3,(H,46,53)(H,47,50)(H,48,52)/b11-9-/t22-,23-,24-,26-,29+,31+,39-/m1/s1. The molecule has 1 saturated heterocycles. The highest BCUT2D eigenvalue weighted by molar-refractivity contribution is 7.91. The molecule has 1 aromatic heterocycles. The number of alkyl halides is 3. The number of benzene rings is 1. The van der Waals surface area contributed by atoms with Crippen LogP contribution in [0.5, 0.6) is 11.6 Å². The Hall–Kier alpha value is -4.32. The zero-order valence-corrected chi connectivity index (χ0v) is 35.4. The molecular weight excluding hydrogens is 819 g/mol. The molecule has 2 aromatic rings. The SMILES string of the molecule is CCOc1cnc(O[C@@H]2C[C@H]3C(=O)N[C@]4(C(=O)NS(=O)(=O)C5(C)CC5)C[C@H]4/C=C\CC[C@@H](C)C[C@@H](C)[C@H](NC(=O)OC(C)(C)C(F)(F)F)C(=O)N3C2)c2cc(Cl)ccc12. The van der Waals surface area contributed by atoms with Crippen molar-refractivity contribution in [2.75, 3.05) is 13.2 Å². The van der Waals surface area contributed by atoms with Gasteiger partial charge in [0.25, 0.3) is 5.91 Å². The van der Waals surface area contributed by atoms with Crippen LogP contribution in [0.15, 0.2) is 36.5 Å². The van der Waals surface area contributed by atoms with Crippen molar-refractivity contribution in [3.63, 3.8) is 0 Å². The van der Waals surface area contributed by atoms with Crippen LogP contribution in [0, 0.1) is 17.8 Å². The van der Waals surface area contributed by atoms with Crippen LogP contribution in [0.1, 0.15) is 86.5 Å². The zero-order chi connectivity index (χ0) is 43.3. The molecule has 19 heteroatoms. The predicted octanol–water partition coefficient (Wildman–Crippen LogP) is 5.96. The number of amides is 4. The summed E-state index contributed by atoms with van der Waals surface area (Å²) < 4.78 is 85.7. The number of carbonyl (C=O) groups excluding carboxylic acids is 4. The van der Waals surface area contributed by atoms with Gasteiger partial charge in [0, 0.05) is 28.1 Å². The summed E-state index contributed by atoms with van der Waals surface area (Å²) >= 11 is 6.36. The Kier molecular flexibility index (Phi) is 12.2. The number of aromatic nitrogens is 1. The van der Waals surface area contributed by atoms with Gasteiger partial charge in [-0.15, -0.1) is 0 Å². The molecule has 324 valence electrons. The largest absolute Gasteiger partial charge is 0.492 e. The van der Waals surface area contributed by atoms with Crippen LogP contribution in [-0.4, -0.2) is 95.5 Å². The fraction of sp³-hybridized carbons (Fsp3) is 0.625. The molecule has 3 heterocycles. The number of sulfonamides is 1. The molecule has 0 bridgehead atoms. The van der Waals surface area contributed by atoms with Crippen molar-refractivity contribution in [3.8, 4) is 11.6 Å². The Morgan fingerprint density at radius 2 is 1.83 bits per heavy atom. The third-order valence-electron chi connectivity index (χ3n) is 11.9. The van der Waals surface area contributed by atoms with Gasteiger partial charge in [-0.3, -0.25) is 19.1 Å². The Morgan fingerprint density at radius 3 is 2.49 bits per heavy atom. The number of nitrogens with one attached hydrogen (secondary N) is 3. The minimum absolute atomic E-state index is 0.0488. The first kappa shape index (κ1) is 44.2. The second-order valence-electron chi connectivity index (χ2n) is 17.0. The predicted molar refractivity (Wildman–Crippen MR) is 211 cm³/mol. The van der Waals surface area contributed by atoms with E-state index in [1.54, 1.807) is 31.2 Å². The molecule has 2 saturated carbocycles. The maximum Gasteiger partial charge on any atom is 0.427 e. The number of fused-ring (bicyclic) bond motifs is 3. The molecule has 4 amide bonds. The summed E-state index contributed by atoms with van der Waals surface area (Å²) in [5.74, 6) is -3.18. The molecule has 14 nitrogen and oxygen atoms in total. The topological polar surface area (TPSA) is 182 Å². The lowest BCUT2D eigenvalue weighted by molar-refractivity contribution is -0.244. The second kappa shape index (κ2) is 16.3. The molecule has 1 aromatic carbocycles. The molecular formula is C40H51ClF3N5O9S. The van der Waals surface area contributed by atoms with Crippen molar-refractivity contribution >= 4 is 56.2 Å². The molecule has 3 fully saturated rings. The van der Waals surface area contributed by atoms with Gasteiger partial charge < -0.3 is 29.7 Å². The summed E-state index contributed by atoms with van der Waals surface area (Å²) in [6.07, 6.45) is -0.0353. The molecule has 0 spiro atoms. The highest BCUT2D eigenvalue weighted by atomic mass is 35.5. The van der Waals surface area contributed by atoms with Gasteiger partial charge in [-0.2, -0.15) is 13.2 Å². The number of halogens is 4. The van der Waals surface area contributed by atoms with E-state index in [-0.39, 0.29) is 31.2 Å². The van der Waals surface area contributed by atoms with Gasteiger partial charge in [-0.1, -0.05) is 37.6 Å². The lowest BCUT2D eigenvalue weighted by atomic mass is 9.88. The number of carbonyl (C=O) groups is 4. The summed E-state index contributed by atoms with van der Waals surface area (Å²) in [7, 11) is -4.09. The van der Waals surface area contributed by atoms with Crippen LogP contribution in [-0.2, 0) is 29.1 Å². The van der Waals surface area contributed by atoms with Crippen LogP contribution in [0.25, 0.3) is 10.8 Å². The first-order chi connectivity index (χ1) is 27.5. The van der Waals surface area contributed by atoms with Crippen LogP contribution < -0.4 is 24.8 Å². The first-order valence-electron chi connectivity index (χ1n) is 19.8. The first-order valence-corrected chi connectivity index (χ1v) is 21.7. The maximum atomic E-state index is 14.8. The third kappa shape index (κ3) is 9.22. The van der Waals surface area contributed by atoms with Crippen LogP contribution in [0.4, 0.5) is 18.0 Å². The van der Waals surface area contributed by atoms with E-state index in [1.165, 1.54) is 18.0 Å². The number of alkyl carbamates (subject to hydrolysis) is 1. The third-order valence-corrected chi connectivity index (χ3v) is 14.3. The summed E-state index contributed by atoms with van der Waals surface area (Å²) in [6, 6.07) is 2.23. The van der Waals surface area contributed by atoms with Crippen LogP contribution in [0.2, 0.25) is 5.02 Å². The molecule has 3 N–H and O–H groups in total. The van der Waals surface area contributed by atoms with Gasteiger partial charge in [-0.05, 0) is 96.3 Å². The molecule has 59 heavy (non-hydrogen) atoms. The van der Waals surface area contributed by atoms with Gasteiger partial charge in [0.15, 0.2) is 0 Å². The Morgan fingerprint density at radius 1 is 1.12 bits per heavy atom. The van der Waals surface area contributed by atoms with E-state index >= 15 is 0 Å². The number of nitrogens with zero attached hydrogens (tertiary/aromatic N) is 2. The second-order valence-corrected chi connectivity index (χ2v) is 19.7. The number of hydrogen-bond donors (Lipinski definition) is 3. The van der Waals surface area contributed by atoms with E-state index in [2.05, 4.69) is 20.3 Å². The van der Waals surface area contributed by atoms with Gasteiger partial charge in [0.05, 0.1) is 24.1 Å². The van der Waals surface area contributed by atoms with E-state index in [0.29, 0.717) is 74.1 Å². The number of ether oxygens (including phenoxy) is 3.